The zero-order chi connectivity index (χ0) is 30.2. The number of halogens is 4. The molecule has 216 valence electrons. The number of carbonyl (C=O) groups is 3. The molecule has 0 radical (unpaired) electrons. The van der Waals surface area contributed by atoms with Crippen LogP contribution in [-0.2, 0) is 15.8 Å². The molecule has 2 atom stereocenters. The lowest BCUT2D eigenvalue weighted by atomic mass is 9.74. The van der Waals surface area contributed by atoms with Gasteiger partial charge in [-0.25, -0.2) is 9.07 Å². The van der Waals surface area contributed by atoms with Gasteiger partial charge in [-0.05, 0) is 48.9 Å². The van der Waals surface area contributed by atoms with E-state index in [2.05, 4.69) is 5.32 Å². The second kappa shape index (κ2) is 11.2. The fraction of sp³-hybridized carbons (Fsp3) is 0.226. The lowest BCUT2D eigenvalue weighted by Crippen LogP contribution is -2.49. The zero-order valence-corrected chi connectivity index (χ0v) is 22.7. The first-order chi connectivity index (χ1) is 20.0. The third kappa shape index (κ3) is 5.54. The van der Waals surface area contributed by atoms with Crippen LogP contribution in [0.3, 0.4) is 0 Å². The third-order valence-electron chi connectivity index (χ3n) is 7.27. The number of nitrogens with zero attached hydrogens (tertiary/aromatic N) is 3. The van der Waals surface area contributed by atoms with Crippen molar-refractivity contribution in [1.29, 1.82) is 0 Å². The van der Waals surface area contributed by atoms with E-state index >= 15 is 0 Å². The number of aromatic nitrogens is 2. The first-order valence-corrected chi connectivity index (χ1v) is 13.1. The van der Waals surface area contributed by atoms with E-state index in [-0.39, 0.29) is 12.2 Å². The molecule has 0 saturated carbocycles. The molecule has 0 bridgehead atoms. The summed E-state index contributed by atoms with van der Waals surface area (Å²) in [6.45, 7) is 2.81. The van der Waals surface area contributed by atoms with Crippen molar-refractivity contribution in [2.75, 3.05) is 11.6 Å². The maximum atomic E-state index is 14.3. The number of hydrogen-bond acceptors (Lipinski definition) is 4. The summed E-state index contributed by atoms with van der Waals surface area (Å²) in [7, 11) is 0. The minimum atomic E-state index is -4.65. The van der Waals surface area contributed by atoms with Crippen LogP contribution < -0.4 is 10.2 Å². The molecule has 0 fully saturated rings. The third-order valence-corrected chi connectivity index (χ3v) is 7.27. The summed E-state index contributed by atoms with van der Waals surface area (Å²) < 4.78 is 55.7. The number of alkyl halides is 3. The molecule has 42 heavy (non-hydrogen) atoms. The van der Waals surface area contributed by atoms with Gasteiger partial charge in [0.05, 0.1) is 29.5 Å². The molecule has 5 rings (SSSR count). The predicted molar refractivity (Wildman–Crippen MR) is 147 cm³/mol. The SMILES string of the molecule is CC(=O)NCN1C(=O)[C@@H](CC(=O)c2cccc(C(F)(F)F)c2)[C@@H](c2ccc(F)cc2)c2c(C)nn(-c3ccccc3)c21. The molecule has 0 saturated heterocycles. The number of hydrogen-bond donors (Lipinski definition) is 1. The van der Waals surface area contributed by atoms with Gasteiger partial charge in [0.1, 0.15) is 11.6 Å². The Bertz CT molecular complexity index is 1650. The molecule has 1 aromatic heterocycles. The van der Waals surface area contributed by atoms with Gasteiger partial charge < -0.3 is 5.32 Å². The highest BCUT2D eigenvalue weighted by molar-refractivity contribution is 6.04. The normalized spacial score (nSPS) is 16.7. The highest BCUT2D eigenvalue weighted by atomic mass is 19.4. The smallest absolute Gasteiger partial charge is 0.338 e. The summed E-state index contributed by atoms with van der Waals surface area (Å²) >= 11 is 0. The number of amides is 2. The number of nitrogens with one attached hydrogen (secondary N) is 1. The van der Waals surface area contributed by atoms with E-state index in [0.29, 0.717) is 28.3 Å². The summed E-state index contributed by atoms with van der Waals surface area (Å²) in [5, 5.41) is 7.34. The molecule has 0 aliphatic carbocycles. The van der Waals surface area contributed by atoms with Gasteiger partial charge in [-0.15, -0.1) is 0 Å². The van der Waals surface area contributed by atoms with E-state index in [1.807, 2.05) is 6.07 Å². The van der Waals surface area contributed by atoms with E-state index in [9.17, 15) is 31.9 Å². The topological polar surface area (TPSA) is 84.3 Å². The number of Topliss-reactive ketones (excluding diaryl/α,β-unsaturated/α-hetero) is 1. The van der Waals surface area contributed by atoms with Gasteiger partial charge in [-0.2, -0.15) is 18.3 Å². The molecule has 1 aliphatic rings. The molecule has 4 aromatic rings. The van der Waals surface area contributed by atoms with Crippen LogP contribution in [-0.4, -0.2) is 34.0 Å². The fourth-order valence-electron chi connectivity index (χ4n) is 5.35. The lowest BCUT2D eigenvalue weighted by Gasteiger charge is -2.38. The van der Waals surface area contributed by atoms with Gasteiger partial charge >= 0.3 is 6.18 Å². The van der Waals surface area contributed by atoms with Crippen molar-refractivity contribution in [2.45, 2.75) is 32.4 Å². The molecular weight excluding hydrogens is 552 g/mol. The second-order valence-corrected chi connectivity index (χ2v) is 10.1. The predicted octanol–water partition coefficient (Wildman–Crippen LogP) is 5.80. The summed E-state index contributed by atoms with van der Waals surface area (Å²) in [6.07, 6.45) is -5.09. The summed E-state index contributed by atoms with van der Waals surface area (Å²) in [5.41, 5.74) is 1.11. The van der Waals surface area contributed by atoms with Gasteiger partial charge in [0.25, 0.3) is 0 Å². The number of aryl methyl sites for hydroxylation is 1. The van der Waals surface area contributed by atoms with Gasteiger partial charge in [-0.1, -0.05) is 42.5 Å². The van der Waals surface area contributed by atoms with Gasteiger partial charge in [-0.3, -0.25) is 19.3 Å². The average Bonchev–Trinajstić information content (AvgIpc) is 3.30. The van der Waals surface area contributed by atoms with E-state index in [4.69, 9.17) is 5.10 Å². The zero-order valence-electron chi connectivity index (χ0n) is 22.7. The van der Waals surface area contributed by atoms with Crippen LogP contribution >= 0.6 is 0 Å². The molecule has 0 spiro atoms. The van der Waals surface area contributed by atoms with Crippen molar-refractivity contribution < 1.29 is 31.9 Å². The monoisotopic (exact) mass is 578 g/mol. The van der Waals surface area contributed by atoms with Crippen LogP contribution in [0.15, 0.2) is 78.9 Å². The molecule has 11 heteroatoms. The summed E-state index contributed by atoms with van der Waals surface area (Å²) in [6, 6.07) is 18.6. The maximum absolute atomic E-state index is 14.3. The van der Waals surface area contributed by atoms with Crippen LogP contribution in [0.5, 0.6) is 0 Å². The largest absolute Gasteiger partial charge is 0.416 e. The number of rotatable bonds is 7. The Hall–Kier alpha value is -4.80. The molecule has 1 N–H and O–H groups in total. The number of benzene rings is 3. The lowest BCUT2D eigenvalue weighted by molar-refractivity contribution is -0.137. The van der Waals surface area contributed by atoms with Crippen molar-refractivity contribution in [2.24, 2.45) is 5.92 Å². The van der Waals surface area contributed by atoms with Crippen molar-refractivity contribution >= 4 is 23.4 Å². The minimum absolute atomic E-state index is 0.189. The Labute approximate surface area is 238 Å². The Balaban J connectivity index is 1.67. The Morgan fingerprint density at radius 3 is 2.31 bits per heavy atom. The van der Waals surface area contributed by atoms with Crippen LogP contribution in [0.2, 0.25) is 0 Å². The Kier molecular flexibility index (Phi) is 7.68. The highest BCUT2D eigenvalue weighted by Gasteiger charge is 2.46. The molecule has 3 aromatic carbocycles. The molecular formula is C31H26F4N4O3. The standard InChI is InChI=1S/C31H26F4N4O3/c1-18-27-28(20-11-13-23(32)14-12-20)25(16-26(41)21-7-6-8-22(15-21)31(33,34)35)30(42)38(17-36-19(2)40)29(27)39(37-18)24-9-4-3-5-10-24/h3-15,25,28H,16-17H2,1-2H3,(H,36,40)/t25-,28+/m0/s1. The second-order valence-electron chi connectivity index (χ2n) is 10.1. The van der Waals surface area contributed by atoms with Crippen molar-refractivity contribution in [3.63, 3.8) is 0 Å². The maximum Gasteiger partial charge on any atom is 0.416 e. The molecule has 1 aliphatic heterocycles. The number of fused-ring (bicyclic) bond motifs is 1. The van der Waals surface area contributed by atoms with Crippen LogP contribution in [0, 0.1) is 18.7 Å². The number of carbonyl (C=O) groups excluding carboxylic acids is 3. The summed E-state index contributed by atoms with van der Waals surface area (Å²) in [4.78, 5) is 41.0. The van der Waals surface area contributed by atoms with Crippen LogP contribution in [0.1, 0.15) is 52.0 Å². The number of anilines is 1. The van der Waals surface area contributed by atoms with Gasteiger partial charge in [0, 0.05) is 30.4 Å². The van der Waals surface area contributed by atoms with Crippen molar-refractivity contribution in [1.82, 2.24) is 15.1 Å². The van der Waals surface area contributed by atoms with E-state index in [1.54, 1.807) is 35.9 Å². The van der Waals surface area contributed by atoms with Crippen LogP contribution in [0.25, 0.3) is 5.69 Å². The first-order valence-electron chi connectivity index (χ1n) is 13.1. The molecule has 2 heterocycles. The van der Waals surface area contributed by atoms with E-state index < -0.39 is 53.4 Å². The van der Waals surface area contributed by atoms with E-state index in [1.165, 1.54) is 42.2 Å². The highest BCUT2D eigenvalue weighted by Crippen LogP contribution is 2.47. The van der Waals surface area contributed by atoms with Crippen LogP contribution in [0.4, 0.5) is 23.4 Å². The number of ketones is 1. The van der Waals surface area contributed by atoms with Crippen molar-refractivity contribution in [3.05, 3.63) is 113 Å². The average molecular weight is 579 g/mol. The van der Waals surface area contributed by atoms with Gasteiger partial charge in [0.15, 0.2) is 5.78 Å². The Morgan fingerprint density at radius 1 is 0.976 bits per heavy atom. The number of para-hydroxylation sites is 1. The Morgan fingerprint density at radius 2 is 1.67 bits per heavy atom. The molecule has 0 unspecified atom stereocenters. The van der Waals surface area contributed by atoms with E-state index in [0.717, 1.165) is 18.2 Å². The fourth-order valence-corrected chi connectivity index (χ4v) is 5.35. The molecule has 2 amide bonds. The van der Waals surface area contributed by atoms with Gasteiger partial charge in [0.2, 0.25) is 11.8 Å². The quantitative estimate of drug-likeness (QED) is 0.222. The molecule has 7 nitrogen and oxygen atoms in total. The first kappa shape index (κ1) is 28.7. The van der Waals surface area contributed by atoms with Crippen molar-refractivity contribution in [3.8, 4) is 5.69 Å². The summed E-state index contributed by atoms with van der Waals surface area (Å²) in [5.74, 6) is -3.61. The minimum Gasteiger partial charge on any atom is -0.338 e.